The zero-order valence-electron chi connectivity index (χ0n) is 12.9. The van der Waals surface area contributed by atoms with E-state index in [1.165, 1.54) is 0 Å². The van der Waals surface area contributed by atoms with Gasteiger partial charge in [0.1, 0.15) is 6.61 Å². The number of nitrogens with two attached hydrogens (primary N) is 1. The zero-order chi connectivity index (χ0) is 16.1. The Morgan fingerprint density at radius 3 is 2.52 bits per heavy atom. The van der Waals surface area contributed by atoms with Gasteiger partial charge in [0.15, 0.2) is 11.5 Å². The van der Waals surface area contributed by atoms with Crippen LogP contribution in [0.2, 0.25) is 0 Å². The van der Waals surface area contributed by atoms with Crippen molar-refractivity contribution < 1.29 is 9.47 Å². The van der Waals surface area contributed by atoms with Crippen molar-refractivity contribution in [3.8, 4) is 11.5 Å². The van der Waals surface area contributed by atoms with Crippen LogP contribution >= 0.6 is 11.3 Å². The lowest BCUT2D eigenvalue weighted by Crippen LogP contribution is -2.11. The average Bonchev–Trinajstić information content (AvgIpc) is 3.14. The Labute approximate surface area is 140 Å². The fourth-order valence-electron chi connectivity index (χ4n) is 2.38. The van der Waals surface area contributed by atoms with E-state index in [0.717, 1.165) is 16.7 Å². The molecule has 0 fully saturated rings. The molecule has 1 heterocycles. The van der Waals surface area contributed by atoms with Crippen LogP contribution in [0, 0.1) is 0 Å². The second-order valence-corrected chi connectivity index (χ2v) is 6.00. The minimum atomic E-state index is -0.161. The van der Waals surface area contributed by atoms with E-state index < -0.39 is 0 Å². The molecule has 3 rings (SSSR count). The van der Waals surface area contributed by atoms with E-state index in [0.29, 0.717) is 18.1 Å². The molecular weight excluding hydrogens is 306 g/mol. The maximum absolute atomic E-state index is 6.34. The molecule has 3 aromatic rings. The molecule has 0 aliphatic rings. The molecule has 1 aromatic heterocycles. The Bertz CT molecular complexity index is 741. The molecule has 0 spiro atoms. The van der Waals surface area contributed by atoms with Crippen LogP contribution < -0.4 is 15.2 Å². The first kappa shape index (κ1) is 15.6. The molecule has 0 saturated carbocycles. The van der Waals surface area contributed by atoms with Crippen molar-refractivity contribution in [2.24, 2.45) is 5.73 Å². The SMILES string of the molecule is COc1ccc([C@H](N)c2ccsc2)cc1OCc1ccccc1. The van der Waals surface area contributed by atoms with Crippen LogP contribution in [0.25, 0.3) is 0 Å². The highest BCUT2D eigenvalue weighted by Gasteiger charge is 2.13. The molecule has 0 unspecified atom stereocenters. The summed E-state index contributed by atoms with van der Waals surface area (Å²) >= 11 is 1.65. The second-order valence-electron chi connectivity index (χ2n) is 5.22. The van der Waals surface area contributed by atoms with Crippen LogP contribution in [0.1, 0.15) is 22.7 Å². The highest BCUT2D eigenvalue weighted by atomic mass is 32.1. The molecule has 3 nitrogen and oxygen atoms in total. The fraction of sp³-hybridized carbons (Fsp3) is 0.158. The summed E-state index contributed by atoms with van der Waals surface area (Å²) in [5.74, 6) is 1.42. The van der Waals surface area contributed by atoms with Gasteiger partial charge in [-0.2, -0.15) is 11.3 Å². The first-order valence-electron chi connectivity index (χ1n) is 7.40. The number of hydrogen-bond donors (Lipinski definition) is 1. The third kappa shape index (κ3) is 3.73. The normalized spacial score (nSPS) is 11.9. The van der Waals surface area contributed by atoms with Gasteiger partial charge in [-0.1, -0.05) is 36.4 Å². The minimum absolute atomic E-state index is 0.161. The Morgan fingerprint density at radius 2 is 1.83 bits per heavy atom. The van der Waals surface area contributed by atoms with Crippen molar-refractivity contribution in [1.29, 1.82) is 0 Å². The maximum Gasteiger partial charge on any atom is 0.162 e. The molecule has 2 aromatic carbocycles. The summed E-state index contributed by atoms with van der Waals surface area (Å²) in [5, 5.41) is 4.10. The standard InChI is InChI=1S/C19H19NO2S/c1-21-17-8-7-15(19(20)16-9-10-23-13-16)11-18(17)22-12-14-5-3-2-4-6-14/h2-11,13,19H,12,20H2,1H3/t19-/m0/s1. The maximum atomic E-state index is 6.34. The van der Waals surface area contributed by atoms with Gasteiger partial charge in [-0.25, -0.2) is 0 Å². The smallest absolute Gasteiger partial charge is 0.162 e. The number of benzene rings is 2. The van der Waals surface area contributed by atoms with Gasteiger partial charge in [0.2, 0.25) is 0 Å². The average molecular weight is 325 g/mol. The van der Waals surface area contributed by atoms with Gasteiger partial charge >= 0.3 is 0 Å². The van der Waals surface area contributed by atoms with Crippen LogP contribution in [0.4, 0.5) is 0 Å². The molecule has 0 amide bonds. The van der Waals surface area contributed by atoms with Crippen molar-refractivity contribution in [2.45, 2.75) is 12.6 Å². The first-order valence-corrected chi connectivity index (χ1v) is 8.34. The third-order valence-electron chi connectivity index (χ3n) is 3.69. The summed E-state index contributed by atoms with van der Waals surface area (Å²) < 4.78 is 11.3. The predicted molar refractivity (Wildman–Crippen MR) is 94.1 cm³/mol. The van der Waals surface area contributed by atoms with Crippen molar-refractivity contribution >= 4 is 11.3 Å². The quantitative estimate of drug-likeness (QED) is 0.731. The first-order chi connectivity index (χ1) is 11.3. The van der Waals surface area contributed by atoms with E-state index in [-0.39, 0.29) is 6.04 Å². The summed E-state index contributed by atoms with van der Waals surface area (Å²) in [7, 11) is 1.64. The minimum Gasteiger partial charge on any atom is -0.493 e. The fourth-order valence-corrected chi connectivity index (χ4v) is 3.08. The monoisotopic (exact) mass is 325 g/mol. The largest absolute Gasteiger partial charge is 0.493 e. The Morgan fingerprint density at radius 1 is 1.00 bits per heavy atom. The van der Waals surface area contributed by atoms with E-state index >= 15 is 0 Å². The number of thiophene rings is 1. The third-order valence-corrected chi connectivity index (χ3v) is 4.39. The van der Waals surface area contributed by atoms with E-state index in [9.17, 15) is 0 Å². The lowest BCUT2D eigenvalue weighted by atomic mass is 10.0. The summed E-state index contributed by atoms with van der Waals surface area (Å²) in [6.45, 7) is 0.494. The van der Waals surface area contributed by atoms with Gasteiger partial charge in [0.05, 0.1) is 13.2 Å². The van der Waals surface area contributed by atoms with Gasteiger partial charge < -0.3 is 15.2 Å². The van der Waals surface area contributed by atoms with Gasteiger partial charge in [-0.15, -0.1) is 0 Å². The summed E-state index contributed by atoms with van der Waals surface area (Å²) in [6, 6.07) is 17.8. The number of methoxy groups -OCH3 is 1. The molecule has 23 heavy (non-hydrogen) atoms. The number of rotatable bonds is 6. The summed E-state index contributed by atoms with van der Waals surface area (Å²) in [4.78, 5) is 0. The van der Waals surface area contributed by atoms with E-state index in [4.69, 9.17) is 15.2 Å². The lowest BCUT2D eigenvalue weighted by molar-refractivity contribution is 0.284. The van der Waals surface area contributed by atoms with Gasteiger partial charge in [-0.3, -0.25) is 0 Å². The molecule has 0 bridgehead atoms. The van der Waals surface area contributed by atoms with Gasteiger partial charge in [-0.05, 0) is 45.6 Å². The van der Waals surface area contributed by atoms with Crippen molar-refractivity contribution in [2.75, 3.05) is 7.11 Å². The predicted octanol–water partition coefficient (Wildman–Crippen LogP) is 4.38. The van der Waals surface area contributed by atoms with Crippen LogP contribution in [-0.4, -0.2) is 7.11 Å². The molecule has 4 heteroatoms. The summed E-state index contributed by atoms with van der Waals surface area (Å²) in [6.07, 6.45) is 0. The van der Waals surface area contributed by atoms with Crippen molar-refractivity contribution in [3.05, 3.63) is 82.0 Å². The zero-order valence-corrected chi connectivity index (χ0v) is 13.8. The molecule has 0 saturated heterocycles. The molecule has 2 N–H and O–H groups in total. The topological polar surface area (TPSA) is 44.5 Å². The molecular formula is C19H19NO2S. The Balaban J connectivity index is 1.81. The number of hydrogen-bond acceptors (Lipinski definition) is 4. The summed E-state index contributed by atoms with van der Waals surface area (Å²) in [5.41, 5.74) is 9.56. The molecule has 0 aliphatic heterocycles. The highest BCUT2D eigenvalue weighted by Crippen LogP contribution is 2.32. The second kappa shape index (κ2) is 7.31. The van der Waals surface area contributed by atoms with Gasteiger partial charge in [0.25, 0.3) is 0 Å². The van der Waals surface area contributed by atoms with Crippen LogP contribution in [0.5, 0.6) is 11.5 Å². The highest BCUT2D eigenvalue weighted by molar-refractivity contribution is 7.08. The van der Waals surface area contributed by atoms with E-state index in [1.807, 2.05) is 60.0 Å². The van der Waals surface area contributed by atoms with E-state index in [1.54, 1.807) is 18.4 Å². The number of ether oxygens (including phenoxy) is 2. The van der Waals surface area contributed by atoms with Crippen molar-refractivity contribution in [3.63, 3.8) is 0 Å². The molecule has 0 aliphatic carbocycles. The Kier molecular flexibility index (Phi) is 4.95. The van der Waals surface area contributed by atoms with Crippen LogP contribution in [-0.2, 0) is 6.61 Å². The van der Waals surface area contributed by atoms with Crippen LogP contribution in [0.3, 0.4) is 0 Å². The molecule has 0 radical (unpaired) electrons. The van der Waals surface area contributed by atoms with Gasteiger partial charge in [0, 0.05) is 0 Å². The molecule has 118 valence electrons. The Hall–Kier alpha value is -2.30. The lowest BCUT2D eigenvalue weighted by Gasteiger charge is -2.15. The van der Waals surface area contributed by atoms with Crippen LogP contribution in [0.15, 0.2) is 65.4 Å². The van der Waals surface area contributed by atoms with Crippen molar-refractivity contribution in [1.82, 2.24) is 0 Å². The van der Waals surface area contributed by atoms with E-state index in [2.05, 4.69) is 5.38 Å². The molecule has 1 atom stereocenters.